The van der Waals surface area contributed by atoms with Crippen LogP contribution in [0.5, 0.6) is 0 Å². The number of carbonyl (C=O) groups excluding carboxylic acids is 1. The summed E-state index contributed by atoms with van der Waals surface area (Å²) in [5, 5.41) is 11.2. The summed E-state index contributed by atoms with van der Waals surface area (Å²) in [4.78, 5) is 26.8. The van der Waals surface area contributed by atoms with Crippen molar-refractivity contribution in [3.63, 3.8) is 0 Å². The lowest BCUT2D eigenvalue weighted by atomic mass is 10.1. The van der Waals surface area contributed by atoms with Gasteiger partial charge in [0, 0.05) is 36.0 Å². The summed E-state index contributed by atoms with van der Waals surface area (Å²) in [6.07, 6.45) is 2.31. The molecule has 1 saturated carbocycles. The number of aryl methyl sites for hydroxylation is 1. The van der Waals surface area contributed by atoms with Crippen LogP contribution in [0.3, 0.4) is 0 Å². The van der Waals surface area contributed by atoms with E-state index in [1.807, 2.05) is 0 Å². The van der Waals surface area contributed by atoms with Gasteiger partial charge in [0.1, 0.15) is 6.54 Å². The molecule has 0 unspecified atom stereocenters. The number of carboxylic acid groups (broad SMARTS) is 1. The first-order valence-corrected chi connectivity index (χ1v) is 8.60. The van der Waals surface area contributed by atoms with Gasteiger partial charge in [-0.1, -0.05) is 0 Å². The molecule has 0 radical (unpaired) electrons. The Labute approximate surface area is 133 Å². The summed E-state index contributed by atoms with van der Waals surface area (Å²) >= 11 is 1.70. The van der Waals surface area contributed by atoms with Crippen molar-refractivity contribution >= 4 is 23.2 Å². The Balaban J connectivity index is 1.70. The number of carboxylic acids is 1. The third kappa shape index (κ3) is 3.17. The van der Waals surface area contributed by atoms with Crippen molar-refractivity contribution in [3.05, 3.63) is 21.9 Å². The number of amides is 1. The summed E-state index contributed by atoms with van der Waals surface area (Å²) in [6.45, 7) is 3.08. The van der Waals surface area contributed by atoms with E-state index in [0.717, 1.165) is 19.3 Å². The zero-order chi connectivity index (χ0) is 15.7. The molecular formula is C16H21NO4S. The van der Waals surface area contributed by atoms with Crippen molar-refractivity contribution in [3.8, 4) is 0 Å². The molecule has 1 aromatic rings. The van der Waals surface area contributed by atoms with E-state index in [4.69, 9.17) is 9.84 Å². The number of carbonyl (C=O) groups is 2. The van der Waals surface area contributed by atoms with Crippen LogP contribution in [-0.4, -0.2) is 47.7 Å². The smallest absolute Gasteiger partial charge is 0.323 e. The van der Waals surface area contributed by atoms with Gasteiger partial charge in [-0.2, -0.15) is 0 Å². The molecule has 1 aromatic heterocycles. The fraction of sp³-hybridized carbons (Fsp3) is 0.625. The Morgan fingerprint density at radius 3 is 2.73 bits per heavy atom. The van der Waals surface area contributed by atoms with Crippen LogP contribution in [-0.2, 0) is 14.3 Å². The summed E-state index contributed by atoms with van der Waals surface area (Å²) in [5.74, 6) is -0.695. The molecule has 6 heteroatoms. The van der Waals surface area contributed by atoms with Gasteiger partial charge >= 0.3 is 5.97 Å². The molecule has 1 N–H and O–H groups in total. The molecule has 2 fully saturated rings. The molecule has 2 atom stereocenters. The highest BCUT2D eigenvalue weighted by molar-refractivity contribution is 7.10. The van der Waals surface area contributed by atoms with E-state index in [2.05, 4.69) is 18.4 Å². The number of rotatable bonds is 5. The number of ether oxygens (including phenoxy) is 1. The van der Waals surface area contributed by atoms with Gasteiger partial charge in [-0.15, -0.1) is 11.3 Å². The standard InChI is InChI=1S/C16H21NO4S/c1-10-4-7-22-15(10)12-8-13(12)16(20)17(9-14(18)19)11-2-5-21-6-3-11/h4,7,11-13H,2-3,5-6,8-9H2,1H3,(H,18,19)/t12-,13-/m1/s1. The average molecular weight is 323 g/mol. The van der Waals surface area contributed by atoms with Crippen LogP contribution >= 0.6 is 11.3 Å². The van der Waals surface area contributed by atoms with Gasteiger partial charge in [-0.25, -0.2) is 0 Å². The second-order valence-corrected chi connectivity index (χ2v) is 7.07. The predicted octanol–water partition coefficient (Wildman–Crippen LogP) is 2.25. The van der Waals surface area contributed by atoms with Gasteiger partial charge in [0.05, 0.1) is 0 Å². The van der Waals surface area contributed by atoms with Crippen molar-refractivity contribution in [2.45, 2.75) is 38.1 Å². The summed E-state index contributed by atoms with van der Waals surface area (Å²) in [5.41, 5.74) is 1.24. The van der Waals surface area contributed by atoms with Crippen LogP contribution in [0.4, 0.5) is 0 Å². The topological polar surface area (TPSA) is 66.8 Å². The number of aliphatic carboxylic acids is 1. The molecule has 22 heavy (non-hydrogen) atoms. The molecule has 0 spiro atoms. The van der Waals surface area contributed by atoms with Gasteiger partial charge in [0.25, 0.3) is 0 Å². The largest absolute Gasteiger partial charge is 0.480 e. The monoisotopic (exact) mass is 323 g/mol. The quantitative estimate of drug-likeness (QED) is 0.902. The minimum absolute atomic E-state index is 0.00281. The Kier molecular flexibility index (Phi) is 4.49. The first-order chi connectivity index (χ1) is 10.6. The maximum Gasteiger partial charge on any atom is 0.323 e. The van der Waals surface area contributed by atoms with Gasteiger partial charge in [-0.3, -0.25) is 9.59 Å². The van der Waals surface area contributed by atoms with Crippen molar-refractivity contribution in [2.24, 2.45) is 5.92 Å². The second kappa shape index (κ2) is 6.38. The maximum absolute atomic E-state index is 12.8. The second-order valence-electron chi connectivity index (χ2n) is 6.12. The van der Waals surface area contributed by atoms with E-state index in [1.54, 1.807) is 16.2 Å². The summed E-state index contributed by atoms with van der Waals surface area (Å²) in [6, 6.07) is 2.08. The van der Waals surface area contributed by atoms with E-state index < -0.39 is 5.97 Å². The molecule has 3 rings (SSSR count). The Bertz CT molecular complexity index is 564. The van der Waals surface area contributed by atoms with Crippen LogP contribution in [0.25, 0.3) is 0 Å². The normalized spacial score (nSPS) is 25.0. The molecule has 2 heterocycles. The molecule has 1 saturated heterocycles. The fourth-order valence-electron chi connectivity index (χ4n) is 3.26. The first kappa shape index (κ1) is 15.5. The first-order valence-electron chi connectivity index (χ1n) is 7.72. The molecule has 5 nitrogen and oxygen atoms in total. The zero-order valence-electron chi connectivity index (χ0n) is 12.7. The minimum Gasteiger partial charge on any atom is -0.480 e. The third-order valence-electron chi connectivity index (χ3n) is 4.57. The number of hydrogen-bond acceptors (Lipinski definition) is 4. The van der Waals surface area contributed by atoms with Crippen molar-refractivity contribution in [1.29, 1.82) is 0 Å². The number of nitrogens with zero attached hydrogens (tertiary/aromatic N) is 1. The lowest BCUT2D eigenvalue weighted by Crippen LogP contribution is -2.46. The highest BCUT2D eigenvalue weighted by Gasteiger charge is 2.48. The molecule has 2 aliphatic rings. The summed E-state index contributed by atoms with van der Waals surface area (Å²) < 4.78 is 5.32. The maximum atomic E-state index is 12.8. The Morgan fingerprint density at radius 1 is 1.41 bits per heavy atom. The van der Waals surface area contributed by atoms with Crippen LogP contribution < -0.4 is 0 Å². The van der Waals surface area contributed by atoms with Gasteiger partial charge in [-0.05, 0) is 43.2 Å². The van der Waals surface area contributed by atoms with Crippen LogP contribution in [0.15, 0.2) is 11.4 Å². The molecule has 120 valence electrons. The SMILES string of the molecule is Cc1ccsc1[C@@H]1C[C@H]1C(=O)N(CC(=O)O)C1CCOCC1. The lowest BCUT2D eigenvalue weighted by molar-refractivity contribution is -0.148. The molecular weight excluding hydrogens is 302 g/mol. The molecule has 1 aliphatic heterocycles. The highest BCUT2D eigenvalue weighted by atomic mass is 32.1. The van der Waals surface area contributed by atoms with Gasteiger partial charge in [0.15, 0.2) is 0 Å². The Morgan fingerprint density at radius 2 is 2.14 bits per heavy atom. The predicted molar refractivity (Wildman–Crippen MR) is 83.1 cm³/mol. The summed E-state index contributed by atoms with van der Waals surface area (Å²) in [7, 11) is 0. The van der Waals surface area contributed by atoms with E-state index in [0.29, 0.717) is 13.2 Å². The fourth-order valence-corrected chi connectivity index (χ4v) is 4.37. The molecule has 1 amide bonds. The third-order valence-corrected chi connectivity index (χ3v) is 5.72. The van der Waals surface area contributed by atoms with Gasteiger partial charge in [0.2, 0.25) is 5.91 Å². The molecule has 0 bridgehead atoms. The van der Waals surface area contributed by atoms with E-state index in [1.165, 1.54) is 10.4 Å². The van der Waals surface area contributed by atoms with Crippen molar-refractivity contribution < 1.29 is 19.4 Å². The van der Waals surface area contributed by atoms with E-state index in [-0.39, 0.29) is 30.3 Å². The van der Waals surface area contributed by atoms with Crippen LogP contribution in [0.2, 0.25) is 0 Å². The van der Waals surface area contributed by atoms with E-state index in [9.17, 15) is 9.59 Å². The highest BCUT2D eigenvalue weighted by Crippen LogP contribution is 2.51. The number of hydrogen-bond donors (Lipinski definition) is 1. The van der Waals surface area contributed by atoms with Crippen LogP contribution in [0, 0.1) is 12.8 Å². The van der Waals surface area contributed by atoms with Crippen molar-refractivity contribution in [2.75, 3.05) is 19.8 Å². The number of thiophene rings is 1. The van der Waals surface area contributed by atoms with E-state index >= 15 is 0 Å². The Hall–Kier alpha value is -1.40. The lowest BCUT2D eigenvalue weighted by Gasteiger charge is -2.33. The zero-order valence-corrected chi connectivity index (χ0v) is 13.5. The van der Waals surface area contributed by atoms with Gasteiger partial charge < -0.3 is 14.7 Å². The molecule has 0 aromatic carbocycles. The molecule has 1 aliphatic carbocycles. The minimum atomic E-state index is -0.940. The van der Waals surface area contributed by atoms with Crippen molar-refractivity contribution in [1.82, 2.24) is 4.90 Å². The average Bonchev–Trinajstić information content (AvgIpc) is 3.19. The van der Waals surface area contributed by atoms with Crippen LogP contribution in [0.1, 0.15) is 35.6 Å².